The molecule has 27 heavy (non-hydrogen) atoms. The highest BCUT2D eigenvalue weighted by Gasteiger charge is 2.54. The minimum Gasteiger partial charge on any atom is -0.368 e. The summed E-state index contributed by atoms with van der Waals surface area (Å²) in [5.74, 6) is 4.87. The number of carbonyl (C=O) groups is 2. The first-order valence-corrected chi connectivity index (χ1v) is 13.5. The van der Waals surface area contributed by atoms with E-state index in [0.717, 1.165) is 19.3 Å². The summed E-state index contributed by atoms with van der Waals surface area (Å²) in [6.07, 6.45) is 7.18. The van der Waals surface area contributed by atoms with Crippen LogP contribution < -0.4 is 11.1 Å². The number of hydrogen-bond donors (Lipinski definition) is 2. The van der Waals surface area contributed by atoms with E-state index in [1.807, 2.05) is 0 Å². The number of nitrogens with one attached hydrogen (secondary N) is 1. The Labute approximate surface area is 165 Å². The van der Waals surface area contributed by atoms with Crippen molar-refractivity contribution in [3.8, 4) is 11.5 Å². The summed E-state index contributed by atoms with van der Waals surface area (Å²) in [5, 5.41) is 3.17. The molecule has 5 heteroatoms. The van der Waals surface area contributed by atoms with Gasteiger partial charge < -0.3 is 11.1 Å². The van der Waals surface area contributed by atoms with Crippen LogP contribution in [0.25, 0.3) is 0 Å². The van der Waals surface area contributed by atoms with Crippen LogP contribution >= 0.6 is 0 Å². The van der Waals surface area contributed by atoms with E-state index in [2.05, 4.69) is 50.6 Å². The van der Waals surface area contributed by atoms with Crippen molar-refractivity contribution >= 4 is 19.9 Å². The zero-order valence-electron chi connectivity index (χ0n) is 17.7. The molecule has 4 nitrogen and oxygen atoms in total. The number of amides is 2. The standard InChI is InChI=1S/C22H36N2O2Si/c1-21(2,3)27(4,5)8-6-7-18(19(23)25)24-20(26)22-12-15-9-16(13-22)11-17(10-15)14-22/h15-18H,7,9-14H2,1-5H3,(H2,23,25)(H,24,26)/t15?,16?,17?,18-,22?/m0/s1. The van der Waals surface area contributed by atoms with Crippen LogP contribution in [0.15, 0.2) is 0 Å². The highest BCUT2D eigenvalue weighted by molar-refractivity contribution is 6.87. The molecule has 4 saturated carbocycles. The zero-order valence-corrected chi connectivity index (χ0v) is 18.7. The van der Waals surface area contributed by atoms with Gasteiger partial charge in [0.1, 0.15) is 14.1 Å². The molecule has 4 rings (SSSR count). The SMILES string of the molecule is CC(C)(C)[Si](C)(C)C#CC[C@H](NC(=O)C12CC3CC(CC(C3)C1)C2)C(N)=O. The smallest absolute Gasteiger partial charge is 0.240 e. The maximum absolute atomic E-state index is 13.2. The fourth-order valence-corrected chi connectivity index (χ4v) is 6.40. The molecule has 4 bridgehead atoms. The first-order chi connectivity index (χ1) is 12.4. The fraction of sp³-hybridized carbons (Fsp3) is 0.818. The van der Waals surface area contributed by atoms with Crippen molar-refractivity contribution in [1.29, 1.82) is 0 Å². The first-order valence-electron chi connectivity index (χ1n) is 10.5. The molecule has 0 aromatic rings. The van der Waals surface area contributed by atoms with Crippen LogP contribution in [-0.4, -0.2) is 25.9 Å². The van der Waals surface area contributed by atoms with Crippen molar-refractivity contribution in [1.82, 2.24) is 5.32 Å². The number of rotatable bonds is 4. The molecule has 0 spiro atoms. The Kier molecular flexibility index (Phi) is 5.27. The lowest BCUT2D eigenvalue weighted by molar-refractivity contribution is -0.148. The Morgan fingerprint density at radius 2 is 1.59 bits per heavy atom. The van der Waals surface area contributed by atoms with Crippen molar-refractivity contribution in [3.63, 3.8) is 0 Å². The number of hydrogen-bond acceptors (Lipinski definition) is 2. The van der Waals surface area contributed by atoms with Crippen LogP contribution in [0.5, 0.6) is 0 Å². The molecule has 0 aromatic heterocycles. The third-order valence-corrected chi connectivity index (χ3v) is 12.3. The maximum atomic E-state index is 13.2. The summed E-state index contributed by atoms with van der Waals surface area (Å²) in [4.78, 5) is 25.1. The second-order valence-corrected chi connectivity index (χ2v) is 16.0. The van der Waals surface area contributed by atoms with Crippen LogP contribution in [-0.2, 0) is 9.59 Å². The average molecular weight is 389 g/mol. The van der Waals surface area contributed by atoms with Crippen LogP contribution in [0.2, 0.25) is 18.1 Å². The van der Waals surface area contributed by atoms with Gasteiger partial charge in [0.05, 0.1) is 0 Å². The fourth-order valence-electron chi connectivity index (χ4n) is 5.48. The van der Waals surface area contributed by atoms with Gasteiger partial charge in [-0.2, -0.15) is 0 Å². The third-order valence-electron chi connectivity index (χ3n) is 7.75. The van der Waals surface area contributed by atoms with Gasteiger partial charge >= 0.3 is 0 Å². The Balaban J connectivity index is 1.67. The van der Waals surface area contributed by atoms with Crippen molar-refractivity contribution in [2.75, 3.05) is 0 Å². The molecule has 0 unspecified atom stereocenters. The lowest BCUT2D eigenvalue weighted by atomic mass is 9.49. The topological polar surface area (TPSA) is 72.2 Å². The summed E-state index contributed by atoms with van der Waals surface area (Å²) in [7, 11) is -1.73. The van der Waals surface area contributed by atoms with Gasteiger partial charge in [-0.3, -0.25) is 9.59 Å². The second kappa shape index (κ2) is 6.95. The van der Waals surface area contributed by atoms with Gasteiger partial charge in [-0.25, -0.2) is 0 Å². The second-order valence-electron chi connectivity index (χ2n) is 11.0. The van der Waals surface area contributed by atoms with E-state index in [0.29, 0.717) is 24.2 Å². The summed E-state index contributed by atoms with van der Waals surface area (Å²) in [5.41, 5.74) is 8.77. The van der Waals surface area contributed by atoms with E-state index in [9.17, 15) is 9.59 Å². The average Bonchev–Trinajstić information content (AvgIpc) is 2.51. The van der Waals surface area contributed by atoms with Crippen molar-refractivity contribution < 1.29 is 9.59 Å². The van der Waals surface area contributed by atoms with E-state index in [4.69, 9.17) is 5.73 Å². The molecule has 0 aromatic carbocycles. The zero-order chi connectivity index (χ0) is 20.0. The predicted octanol–water partition coefficient (Wildman–Crippen LogP) is 3.61. The summed E-state index contributed by atoms with van der Waals surface area (Å²) < 4.78 is 0. The number of primary amides is 1. The molecule has 0 saturated heterocycles. The normalized spacial score (nSPS) is 33.1. The van der Waals surface area contributed by atoms with Gasteiger partial charge in [-0.05, 0) is 61.3 Å². The molecular weight excluding hydrogens is 352 g/mol. The van der Waals surface area contributed by atoms with Gasteiger partial charge in [-0.1, -0.05) is 33.9 Å². The summed E-state index contributed by atoms with van der Waals surface area (Å²) in [6.45, 7) is 11.1. The predicted molar refractivity (Wildman–Crippen MR) is 111 cm³/mol. The molecule has 150 valence electrons. The highest BCUT2D eigenvalue weighted by Crippen LogP contribution is 2.60. The Morgan fingerprint density at radius 1 is 1.11 bits per heavy atom. The summed E-state index contributed by atoms with van der Waals surface area (Å²) in [6, 6.07) is -0.678. The van der Waals surface area contributed by atoms with Gasteiger partial charge in [0.15, 0.2) is 0 Å². The van der Waals surface area contributed by atoms with E-state index in [1.165, 1.54) is 19.3 Å². The Morgan fingerprint density at radius 3 is 2.00 bits per heavy atom. The van der Waals surface area contributed by atoms with E-state index in [-0.39, 0.29) is 16.4 Å². The van der Waals surface area contributed by atoms with Crippen molar-refractivity contribution in [2.24, 2.45) is 28.9 Å². The molecule has 0 heterocycles. The highest BCUT2D eigenvalue weighted by atomic mass is 28.3. The molecule has 4 aliphatic rings. The van der Waals surface area contributed by atoms with Gasteiger partial charge in [0.25, 0.3) is 0 Å². The maximum Gasteiger partial charge on any atom is 0.240 e. The van der Waals surface area contributed by atoms with Gasteiger partial charge in [0.2, 0.25) is 11.8 Å². The quantitative estimate of drug-likeness (QED) is 0.570. The van der Waals surface area contributed by atoms with Crippen LogP contribution in [0.4, 0.5) is 0 Å². The Bertz CT molecular complexity index is 645. The van der Waals surface area contributed by atoms with E-state index < -0.39 is 20.0 Å². The minimum absolute atomic E-state index is 0.0551. The molecule has 0 radical (unpaired) electrons. The molecule has 4 fully saturated rings. The monoisotopic (exact) mass is 388 g/mol. The molecule has 4 aliphatic carbocycles. The van der Waals surface area contributed by atoms with E-state index >= 15 is 0 Å². The largest absolute Gasteiger partial charge is 0.368 e. The summed E-state index contributed by atoms with van der Waals surface area (Å²) >= 11 is 0. The lowest BCUT2D eigenvalue weighted by Gasteiger charge is -2.55. The van der Waals surface area contributed by atoms with Crippen LogP contribution in [0, 0.1) is 34.6 Å². The molecule has 1 atom stereocenters. The lowest BCUT2D eigenvalue weighted by Crippen LogP contribution is -2.56. The minimum atomic E-state index is -1.73. The van der Waals surface area contributed by atoms with Gasteiger partial charge in [0, 0.05) is 11.8 Å². The van der Waals surface area contributed by atoms with Crippen LogP contribution in [0.3, 0.4) is 0 Å². The third kappa shape index (κ3) is 4.11. The Hall–Kier alpha value is -1.28. The van der Waals surface area contributed by atoms with Crippen molar-refractivity contribution in [2.45, 2.75) is 89.9 Å². The van der Waals surface area contributed by atoms with E-state index in [1.54, 1.807) is 0 Å². The van der Waals surface area contributed by atoms with Gasteiger partial charge in [-0.15, -0.1) is 11.5 Å². The number of carbonyl (C=O) groups excluding carboxylic acids is 2. The molecule has 0 aliphatic heterocycles. The number of nitrogens with two attached hydrogens (primary N) is 1. The molecule has 2 amide bonds. The first kappa shape index (κ1) is 20.5. The van der Waals surface area contributed by atoms with Crippen molar-refractivity contribution in [3.05, 3.63) is 0 Å². The molecular formula is C22H36N2O2Si. The van der Waals surface area contributed by atoms with Crippen LogP contribution in [0.1, 0.15) is 65.7 Å². The molecule has 3 N–H and O–H groups in total.